The Morgan fingerprint density at radius 3 is 2.88 bits per heavy atom. The maximum Gasteiger partial charge on any atom is 0.292 e. The van der Waals surface area contributed by atoms with Crippen molar-refractivity contribution in [2.24, 2.45) is 0 Å². The molecule has 0 N–H and O–H groups in total. The molecule has 0 unspecified atom stereocenters. The molecule has 0 atom stereocenters. The van der Waals surface area contributed by atoms with E-state index in [0.29, 0.717) is 17.3 Å². The van der Waals surface area contributed by atoms with Crippen molar-refractivity contribution in [2.45, 2.75) is 6.42 Å². The van der Waals surface area contributed by atoms with Gasteiger partial charge in [-0.1, -0.05) is 11.6 Å². The maximum absolute atomic E-state index is 12.9. The third-order valence-electron chi connectivity index (χ3n) is 4.47. The second-order valence-electron chi connectivity index (χ2n) is 5.94. The van der Waals surface area contributed by atoms with E-state index >= 15 is 0 Å². The summed E-state index contributed by atoms with van der Waals surface area (Å²) in [6, 6.07) is 11.3. The summed E-state index contributed by atoms with van der Waals surface area (Å²) < 4.78 is 6.90. The number of hydrogen-bond donors (Lipinski definition) is 0. The number of hydrazine groups is 1. The van der Waals surface area contributed by atoms with Crippen LogP contribution in [0.2, 0.25) is 5.02 Å². The molecule has 2 aromatic heterocycles. The van der Waals surface area contributed by atoms with E-state index in [4.69, 9.17) is 16.3 Å². The highest BCUT2D eigenvalue weighted by Gasteiger charge is 2.28. The van der Waals surface area contributed by atoms with Crippen molar-refractivity contribution in [1.29, 1.82) is 0 Å². The molecule has 4 rings (SSSR count). The van der Waals surface area contributed by atoms with E-state index in [1.807, 2.05) is 36.3 Å². The van der Waals surface area contributed by atoms with Gasteiger partial charge in [0.15, 0.2) is 5.69 Å². The first-order valence-electron chi connectivity index (χ1n) is 7.94. The quantitative estimate of drug-likeness (QED) is 0.708. The van der Waals surface area contributed by atoms with Crippen LogP contribution in [0, 0.1) is 0 Å². The number of rotatable bonds is 2. The first kappa shape index (κ1) is 15.8. The molecule has 0 spiro atoms. The molecule has 0 saturated carbocycles. The largest absolute Gasteiger partial charge is 0.497 e. The number of benzene rings is 1. The highest BCUT2D eigenvalue weighted by molar-refractivity contribution is 6.30. The summed E-state index contributed by atoms with van der Waals surface area (Å²) in [5.41, 5.74) is 3.38. The normalized spacial score (nSPS) is 13.9. The van der Waals surface area contributed by atoms with E-state index in [0.717, 1.165) is 28.9 Å². The molecule has 25 heavy (non-hydrogen) atoms. The second-order valence-corrected chi connectivity index (χ2v) is 6.38. The van der Waals surface area contributed by atoms with Crippen molar-refractivity contribution in [3.8, 4) is 5.75 Å². The molecule has 1 amide bonds. The first-order valence-corrected chi connectivity index (χ1v) is 8.32. The van der Waals surface area contributed by atoms with Crippen molar-refractivity contribution in [3.05, 3.63) is 58.9 Å². The smallest absolute Gasteiger partial charge is 0.292 e. The Labute approximate surface area is 150 Å². The summed E-state index contributed by atoms with van der Waals surface area (Å²) in [5.74, 6) is 0.688. The van der Waals surface area contributed by atoms with Crippen LogP contribution in [0.3, 0.4) is 0 Å². The maximum atomic E-state index is 12.9. The standard InChI is InChI=1S/C18H17ClN4O2/c1-21-17-6-5-15(25-2)9-12(17)7-8-23(21)18(24)16-10-14-4-3-13(19)11-22(14)20-16/h3-6,9-11H,7-8H2,1-2H3. The van der Waals surface area contributed by atoms with Crippen molar-refractivity contribution in [3.63, 3.8) is 0 Å². The molecule has 6 nitrogen and oxygen atoms in total. The fourth-order valence-corrected chi connectivity index (χ4v) is 3.30. The van der Waals surface area contributed by atoms with Crippen LogP contribution in [0.25, 0.3) is 5.52 Å². The van der Waals surface area contributed by atoms with Gasteiger partial charge in [-0.2, -0.15) is 5.10 Å². The lowest BCUT2D eigenvalue weighted by Gasteiger charge is -2.38. The minimum Gasteiger partial charge on any atom is -0.497 e. The van der Waals surface area contributed by atoms with Gasteiger partial charge in [0.25, 0.3) is 5.91 Å². The van der Waals surface area contributed by atoms with Gasteiger partial charge in [0, 0.05) is 19.8 Å². The van der Waals surface area contributed by atoms with E-state index < -0.39 is 0 Å². The summed E-state index contributed by atoms with van der Waals surface area (Å²) in [5, 5.41) is 8.52. The van der Waals surface area contributed by atoms with Gasteiger partial charge in [0.05, 0.1) is 23.3 Å². The van der Waals surface area contributed by atoms with Gasteiger partial charge < -0.3 is 4.74 Å². The van der Waals surface area contributed by atoms with Gasteiger partial charge in [-0.05, 0) is 48.4 Å². The number of carbonyl (C=O) groups is 1. The third kappa shape index (κ3) is 2.68. The second kappa shape index (κ2) is 5.97. The predicted molar refractivity (Wildman–Crippen MR) is 96.3 cm³/mol. The Hall–Kier alpha value is -2.73. The molecule has 0 saturated heterocycles. The number of fused-ring (bicyclic) bond motifs is 2. The first-order chi connectivity index (χ1) is 12.1. The van der Waals surface area contributed by atoms with Crippen LogP contribution < -0.4 is 9.75 Å². The fourth-order valence-electron chi connectivity index (χ4n) is 3.15. The molecular weight excluding hydrogens is 340 g/mol. The van der Waals surface area contributed by atoms with Gasteiger partial charge in [0.1, 0.15) is 5.75 Å². The zero-order valence-corrected chi connectivity index (χ0v) is 14.7. The Bertz CT molecular complexity index is 969. The topological polar surface area (TPSA) is 50.1 Å². The van der Waals surface area contributed by atoms with Gasteiger partial charge >= 0.3 is 0 Å². The van der Waals surface area contributed by atoms with Crippen LogP contribution in [0.1, 0.15) is 16.1 Å². The number of aromatic nitrogens is 2. The van der Waals surface area contributed by atoms with Gasteiger partial charge in [-0.25, -0.2) is 9.52 Å². The summed E-state index contributed by atoms with van der Waals surface area (Å²) in [6.45, 7) is 0.587. The Morgan fingerprint density at radius 2 is 2.08 bits per heavy atom. The van der Waals surface area contributed by atoms with Crippen LogP contribution in [0.4, 0.5) is 5.69 Å². The van der Waals surface area contributed by atoms with Crippen LogP contribution in [0.5, 0.6) is 5.75 Å². The summed E-state index contributed by atoms with van der Waals surface area (Å²) in [6.07, 6.45) is 2.46. The Kier molecular flexibility index (Phi) is 3.77. The van der Waals surface area contributed by atoms with E-state index in [1.54, 1.807) is 35.0 Å². The summed E-state index contributed by atoms with van der Waals surface area (Å²) >= 11 is 5.99. The number of carbonyl (C=O) groups excluding carboxylic acids is 1. The zero-order valence-electron chi connectivity index (χ0n) is 13.9. The van der Waals surface area contributed by atoms with E-state index in [-0.39, 0.29) is 5.91 Å². The van der Waals surface area contributed by atoms with E-state index in [9.17, 15) is 4.79 Å². The van der Waals surface area contributed by atoms with E-state index in [1.165, 1.54) is 0 Å². The molecule has 0 fully saturated rings. The van der Waals surface area contributed by atoms with Crippen LogP contribution in [0.15, 0.2) is 42.6 Å². The van der Waals surface area contributed by atoms with Crippen LogP contribution in [-0.4, -0.2) is 41.2 Å². The molecule has 0 bridgehead atoms. The SMILES string of the molecule is COc1ccc2c(c1)CCN(C(=O)c1cc3ccc(Cl)cn3n1)N2C. The lowest BCUT2D eigenvalue weighted by atomic mass is 10.1. The molecular formula is C18H17ClN4O2. The lowest BCUT2D eigenvalue weighted by Crippen LogP contribution is -2.48. The van der Waals surface area contributed by atoms with Gasteiger partial charge in [0.2, 0.25) is 0 Å². The van der Waals surface area contributed by atoms with Crippen LogP contribution in [-0.2, 0) is 6.42 Å². The third-order valence-corrected chi connectivity index (χ3v) is 4.69. The minimum atomic E-state index is -0.135. The monoisotopic (exact) mass is 356 g/mol. The molecule has 128 valence electrons. The molecule has 1 aliphatic heterocycles. The van der Waals surface area contributed by atoms with Crippen LogP contribution >= 0.6 is 11.6 Å². The zero-order chi connectivity index (χ0) is 17.6. The summed E-state index contributed by atoms with van der Waals surface area (Å²) in [4.78, 5) is 12.9. The highest BCUT2D eigenvalue weighted by atomic mass is 35.5. The number of amides is 1. The summed E-state index contributed by atoms with van der Waals surface area (Å²) in [7, 11) is 3.54. The number of anilines is 1. The fraction of sp³-hybridized carbons (Fsp3) is 0.222. The van der Waals surface area contributed by atoms with Crippen molar-refractivity contribution in [1.82, 2.24) is 14.6 Å². The minimum absolute atomic E-state index is 0.135. The van der Waals surface area contributed by atoms with Crippen molar-refractivity contribution >= 4 is 28.7 Å². The molecule has 0 radical (unpaired) electrons. The molecule has 1 aliphatic rings. The number of ether oxygens (including phenoxy) is 1. The number of nitrogens with zero attached hydrogens (tertiary/aromatic N) is 4. The average molecular weight is 357 g/mol. The molecule has 1 aromatic carbocycles. The Morgan fingerprint density at radius 1 is 1.24 bits per heavy atom. The number of halogens is 1. The number of methoxy groups -OCH3 is 1. The number of pyridine rings is 1. The molecule has 0 aliphatic carbocycles. The predicted octanol–water partition coefficient (Wildman–Crippen LogP) is 3.05. The number of hydrogen-bond acceptors (Lipinski definition) is 4. The Balaban J connectivity index is 1.65. The van der Waals surface area contributed by atoms with E-state index in [2.05, 4.69) is 5.10 Å². The van der Waals surface area contributed by atoms with Gasteiger partial charge in [-0.3, -0.25) is 9.80 Å². The molecule has 3 aromatic rings. The van der Waals surface area contributed by atoms with Crippen molar-refractivity contribution in [2.75, 3.05) is 25.7 Å². The lowest BCUT2D eigenvalue weighted by molar-refractivity contribution is 0.0732. The van der Waals surface area contributed by atoms with Gasteiger partial charge in [-0.15, -0.1) is 0 Å². The highest BCUT2D eigenvalue weighted by Crippen LogP contribution is 2.30. The molecule has 3 heterocycles. The molecule has 7 heteroatoms. The van der Waals surface area contributed by atoms with Crippen molar-refractivity contribution < 1.29 is 9.53 Å². The average Bonchev–Trinajstić information content (AvgIpc) is 3.04.